The topological polar surface area (TPSA) is 119 Å². The molecule has 0 fully saturated rings. The zero-order chi connectivity index (χ0) is 35.4. The molecule has 0 aliphatic carbocycles. The molecule has 0 saturated heterocycles. The summed E-state index contributed by atoms with van der Waals surface area (Å²) in [5, 5.41) is 0. The van der Waals surface area contributed by atoms with Crippen molar-refractivity contribution in [3.8, 4) is 0 Å². The van der Waals surface area contributed by atoms with E-state index in [4.69, 9.17) is 19.3 Å². The molecule has 0 bridgehead atoms. The smallest absolute Gasteiger partial charge is 0.462 e. The van der Waals surface area contributed by atoms with Crippen molar-refractivity contribution in [3.05, 3.63) is 12.2 Å². The molecule has 8 nitrogen and oxygen atoms in total. The summed E-state index contributed by atoms with van der Waals surface area (Å²) in [6, 6.07) is 0. The molecule has 0 saturated carbocycles. The van der Waals surface area contributed by atoms with Crippen molar-refractivity contribution in [1.29, 1.82) is 0 Å². The quantitative estimate of drug-likeness (QED) is 0.0284. The zero-order valence-electron chi connectivity index (χ0n) is 31.2. The molecule has 0 heterocycles. The molecule has 0 rings (SSSR count). The molecule has 48 heavy (non-hydrogen) atoms. The summed E-state index contributed by atoms with van der Waals surface area (Å²) in [6.07, 6.45) is 37.8. The van der Waals surface area contributed by atoms with Crippen LogP contribution >= 0.6 is 7.82 Å². The number of unbranched alkanes of at least 4 members (excludes halogenated alkanes) is 25. The van der Waals surface area contributed by atoms with Gasteiger partial charge >= 0.3 is 19.8 Å². The number of rotatable bonds is 37. The summed E-state index contributed by atoms with van der Waals surface area (Å²) in [5.41, 5.74) is 0. The zero-order valence-corrected chi connectivity index (χ0v) is 32.0. The van der Waals surface area contributed by atoms with Gasteiger partial charge in [0.25, 0.3) is 0 Å². The van der Waals surface area contributed by atoms with Crippen LogP contribution in [-0.4, -0.2) is 41.0 Å². The highest BCUT2D eigenvalue weighted by Gasteiger charge is 2.22. The number of phosphoric ester groups is 1. The SMILES string of the molecule is CCCCCCCC/C=C/CCCCCCCC(=O)OC[C@H](COP(=O)(O)O)OC(=O)CCCCCCCCCCCCCCCCC. The molecule has 0 aromatic carbocycles. The van der Waals surface area contributed by atoms with E-state index in [1.165, 1.54) is 116 Å². The van der Waals surface area contributed by atoms with E-state index in [-0.39, 0.29) is 19.4 Å². The van der Waals surface area contributed by atoms with Crippen LogP contribution in [0.4, 0.5) is 0 Å². The van der Waals surface area contributed by atoms with Gasteiger partial charge in [0.1, 0.15) is 6.61 Å². The first kappa shape index (κ1) is 46.8. The maximum atomic E-state index is 12.4. The first-order valence-electron chi connectivity index (χ1n) is 20.0. The van der Waals surface area contributed by atoms with Crippen LogP contribution in [0.5, 0.6) is 0 Å². The van der Waals surface area contributed by atoms with Crippen molar-refractivity contribution >= 4 is 19.8 Å². The number of esters is 2. The predicted octanol–water partition coefficient (Wildman–Crippen LogP) is 11.8. The van der Waals surface area contributed by atoms with E-state index in [0.717, 1.165) is 57.8 Å². The summed E-state index contributed by atoms with van der Waals surface area (Å²) in [4.78, 5) is 42.7. The molecule has 0 amide bonds. The van der Waals surface area contributed by atoms with Crippen molar-refractivity contribution in [2.75, 3.05) is 13.2 Å². The second-order valence-corrected chi connectivity index (χ2v) is 14.9. The highest BCUT2D eigenvalue weighted by atomic mass is 31.2. The molecule has 0 spiro atoms. The van der Waals surface area contributed by atoms with Gasteiger partial charge in [-0.25, -0.2) is 4.57 Å². The normalized spacial score (nSPS) is 12.5. The predicted molar refractivity (Wildman–Crippen MR) is 198 cm³/mol. The standard InChI is InChI=1S/C39H75O8P/c1-3-5-7-9-11-13-15-17-19-21-23-25-27-29-31-33-38(40)45-35-37(36-46-48(42,43)44)47-39(41)34-32-30-28-26-24-22-20-18-16-14-12-10-8-6-4-2/h17,19,37H,3-16,18,20-36H2,1-2H3,(H2,42,43,44)/b19-17+/t37-/m1/s1. The van der Waals surface area contributed by atoms with E-state index in [1.54, 1.807) is 0 Å². The maximum Gasteiger partial charge on any atom is 0.469 e. The number of carbonyl (C=O) groups is 2. The number of phosphoric acid groups is 1. The van der Waals surface area contributed by atoms with Crippen LogP contribution in [0.3, 0.4) is 0 Å². The molecule has 0 aromatic rings. The molecule has 0 radical (unpaired) electrons. The Labute approximate surface area is 295 Å². The Balaban J connectivity index is 3.92. The van der Waals surface area contributed by atoms with Gasteiger partial charge in [-0.3, -0.25) is 14.1 Å². The third kappa shape index (κ3) is 37.6. The van der Waals surface area contributed by atoms with E-state index in [9.17, 15) is 14.2 Å². The average molecular weight is 703 g/mol. The number of hydrogen-bond acceptors (Lipinski definition) is 6. The van der Waals surface area contributed by atoms with Crippen molar-refractivity contribution < 1.29 is 37.9 Å². The van der Waals surface area contributed by atoms with Gasteiger partial charge in [0, 0.05) is 12.8 Å². The molecule has 0 unspecified atom stereocenters. The molecule has 0 aliphatic heterocycles. The highest BCUT2D eigenvalue weighted by molar-refractivity contribution is 7.46. The Morgan fingerprint density at radius 1 is 0.521 bits per heavy atom. The first-order valence-corrected chi connectivity index (χ1v) is 21.5. The minimum atomic E-state index is -4.75. The van der Waals surface area contributed by atoms with Crippen LogP contribution in [0.1, 0.15) is 206 Å². The number of allylic oxidation sites excluding steroid dienone is 2. The van der Waals surface area contributed by atoms with E-state index < -0.39 is 32.5 Å². The lowest BCUT2D eigenvalue weighted by molar-refractivity contribution is -0.161. The van der Waals surface area contributed by atoms with E-state index in [1.807, 2.05) is 0 Å². The number of ether oxygens (including phenoxy) is 2. The Morgan fingerprint density at radius 2 is 0.875 bits per heavy atom. The molecule has 2 N–H and O–H groups in total. The third-order valence-corrected chi connectivity index (χ3v) is 9.27. The Hall–Kier alpha value is -1.21. The molecule has 284 valence electrons. The average Bonchev–Trinajstić information content (AvgIpc) is 3.05. The Bertz CT molecular complexity index is 797. The van der Waals surface area contributed by atoms with E-state index >= 15 is 0 Å². The number of carbonyl (C=O) groups excluding carboxylic acids is 2. The summed E-state index contributed by atoms with van der Waals surface area (Å²) < 4.78 is 26.3. The van der Waals surface area contributed by atoms with Gasteiger partial charge < -0.3 is 19.3 Å². The highest BCUT2D eigenvalue weighted by Crippen LogP contribution is 2.36. The van der Waals surface area contributed by atoms with Crippen LogP contribution in [0.25, 0.3) is 0 Å². The van der Waals surface area contributed by atoms with Crippen molar-refractivity contribution in [1.82, 2.24) is 0 Å². The van der Waals surface area contributed by atoms with Crippen LogP contribution in [0, 0.1) is 0 Å². The number of hydrogen-bond donors (Lipinski definition) is 2. The van der Waals surface area contributed by atoms with Gasteiger partial charge in [0.2, 0.25) is 0 Å². The molecular weight excluding hydrogens is 627 g/mol. The largest absolute Gasteiger partial charge is 0.469 e. The van der Waals surface area contributed by atoms with Crippen LogP contribution in [0.15, 0.2) is 12.2 Å². The Morgan fingerprint density at radius 3 is 1.27 bits per heavy atom. The summed E-state index contributed by atoms with van der Waals surface area (Å²) in [5.74, 6) is -0.885. The third-order valence-electron chi connectivity index (χ3n) is 8.78. The summed E-state index contributed by atoms with van der Waals surface area (Å²) in [7, 11) is -4.75. The molecule has 0 aliphatic rings. The van der Waals surface area contributed by atoms with Gasteiger partial charge in [-0.15, -0.1) is 0 Å². The molecule has 0 aromatic heterocycles. The van der Waals surface area contributed by atoms with Crippen molar-refractivity contribution in [3.63, 3.8) is 0 Å². The van der Waals surface area contributed by atoms with Gasteiger partial charge in [0.05, 0.1) is 6.61 Å². The maximum absolute atomic E-state index is 12.4. The second kappa shape index (κ2) is 35.6. The minimum Gasteiger partial charge on any atom is -0.462 e. The second-order valence-electron chi connectivity index (χ2n) is 13.6. The van der Waals surface area contributed by atoms with Gasteiger partial charge in [0.15, 0.2) is 6.10 Å². The summed E-state index contributed by atoms with van der Waals surface area (Å²) in [6.45, 7) is 3.68. The van der Waals surface area contributed by atoms with Gasteiger partial charge in [-0.2, -0.15) is 0 Å². The fourth-order valence-electron chi connectivity index (χ4n) is 5.78. The lowest BCUT2D eigenvalue weighted by atomic mass is 10.0. The van der Waals surface area contributed by atoms with Crippen LogP contribution in [-0.2, 0) is 28.2 Å². The first-order chi connectivity index (χ1) is 23.3. The van der Waals surface area contributed by atoms with E-state index in [0.29, 0.717) is 6.42 Å². The van der Waals surface area contributed by atoms with Crippen LogP contribution in [0.2, 0.25) is 0 Å². The fraction of sp³-hybridized carbons (Fsp3) is 0.897. The lowest BCUT2D eigenvalue weighted by Crippen LogP contribution is -2.29. The van der Waals surface area contributed by atoms with Gasteiger partial charge in [-0.05, 0) is 38.5 Å². The van der Waals surface area contributed by atoms with Crippen molar-refractivity contribution in [2.24, 2.45) is 0 Å². The minimum absolute atomic E-state index is 0.216. The Kier molecular flexibility index (Phi) is 34.7. The van der Waals surface area contributed by atoms with Crippen LogP contribution < -0.4 is 0 Å². The monoisotopic (exact) mass is 703 g/mol. The van der Waals surface area contributed by atoms with Crippen molar-refractivity contribution in [2.45, 2.75) is 213 Å². The lowest BCUT2D eigenvalue weighted by Gasteiger charge is -2.18. The van der Waals surface area contributed by atoms with Gasteiger partial charge in [-0.1, -0.05) is 167 Å². The van der Waals surface area contributed by atoms with E-state index in [2.05, 4.69) is 30.5 Å². The fourth-order valence-corrected chi connectivity index (χ4v) is 6.14. The summed E-state index contributed by atoms with van der Waals surface area (Å²) >= 11 is 0. The molecule has 9 heteroatoms. The molecular formula is C39H75O8P. The molecule has 1 atom stereocenters.